The summed E-state index contributed by atoms with van der Waals surface area (Å²) in [5.74, 6) is -0.478. The third kappa shape index (κ3) is 5.79. The Labute approximate surface area is 153 Å². The predicted molar refractivity (Wildman–Crippen MR) is 100 cm³/mol. The Morgan fingerprint density at radius 1 is 1.04 bits per heavy atom. The lowest BCUT2D eigenvalue weighted by atomic mass is 10.0. The van der Waals surface area contributed by atoms with Crippen LogP contribution in [0.3, 0.4) is 0 Å². The fourth-order valence-electron chi connectivity index (χ4n) is 2.49. The van der Waals surface area contributed by atoms with Gasteiger partial charge in [-0.25, -0.2) is 13.6 Å². The van der Waals surface area contributed by atoms with Crippen LogP contribution in [0, 0.1) is 0 Å². The highest BCUT2D eigenvalue weighted by molar-refractivity contribution is 7.89. The van der Waals surface area contributed by atoms with Crippen LogP contribution < -0.4 is 10.5 Å². The molecule has 0 aliphatic heterocycles. The van der Waals surface area contributed by atoms with Gasteiger partial charge in [0.05, 0.1) is 4.90 Å². The van der Waals surface area contributed by atoms with Gasteiger partial charge >= 0.3 is 0 Å². The van der Waals surface area contributed by atoms with Crippen molar-refractivity contribution in [3.63, 3.8) is 0 Å². The highest BCUT2D eigenvalue weighted by atomic mass is 32.2. The number of anilines is 1. The highest BCUT2D eigenvalue weighted by Crippen LogP contribution is 2.15. The number of nitrogens with two attached hydrogens (primary N) is 1. The van der Waals surface area contributed by atoms with E-state index >= 15 is 0 Å². The summed E-state index contributed by atoms with van der Waals surface area (Å²) >= 11 is 0. The van der Waals surface area contributed by atoms with Crippen molar-refractivity contribution in [3.8, 4) is 0 Å². The van der Waals surface area contributed by atoms with E-state index in [1.807, 2.05) is 12.1 Å². The number of carbonyl (C=O) groups excluding carboxylic acids is 2. The van der Waals surface area contributed by atoms with Crippen LogP contribution in [-0.2, 0) is 21.2 Å². The second-order valence-electron chi connectivity index (χ2n) is 5.99. The molecule has 0 unspecified atom stereocenters. The van der Waals surface area contributed by atoms with E-state index in [0.29, 0.717) is 11.3 Å². The van der Waals surface area contributed by atoms with Crippen molar-refractivity contribution in [2.45, 2.75) is 37.5 Å². The second-order valence-corrected chi connectivity index (χ2v) is 7.55. The second kappa shape index (κ2) is 8.73. The van der Waals surface area contributed by atoms with Crippen molar-refractivity contribution >= 4 is 27.4 Å². The number of benzene rings is 2. The molecule has 6 nitrogen and oxygen atoms in total. The van der Waals surface area contributed by atoms with Crippen molar-refractivity contribution in [1.29, 1.82) is 0 Å². The first-order valence-corrected chi connectivity index (χ1v) is 9.89. The molecule has 0 bridgehead atoms. The van der Waals surface area contributed by atoms with Crippen LogP contribution in [0.2, 0.25) is 0 Å². The van der Waals surface area contributed by atoms with Crippen LogP contribution in [-0.4, -0.2) is 20.1 Å². The molecule has 0 aliphatic rings. The minimum absolute atomic E-state index is 0.00907. The molecule has 2 aromatic carbocycles. The van der Waals surface area contributed by atoms with Gasteiger partial charge < -0.3 is 5.32 Å². The average Bonchev–Trinajstić information content (AvgIpc) is 2.60. The molecule has 0 saturated carbocycles. The number of amides is 1. The summed E-state index contributed by atoms with van der Waals surface area (Å²) in [5.41, 5.74) is 2.07. The van der Waals surface area contributed by atoms with Gasteiger partial charge in [0.25, 0.3) is 0 Å². The Morgan fingerprint density at radius 3 is 2.35 bits per heavy atom. The number of hydrogen-bond donors (Lipinski definition) is 2. The Balaban J connectivity index is 1.91. The number of primary sulfonamides is 1. The summed E-state index contributed by atoms with van der Waals surface area (Å²) in [6, 6.07) is 13.1. The first-order chi connectivity index (χ1) is 12.3. The SMILES string of the molecule is CCCc1ccc(C(=O)CCC(=O)Nc2cccc(S(N)(=O)=O)c2)cc1. The number of hydrogen-bond acceptors (Lipinski definition) is 4. The molecule has 0 spiro atoms. The summed E-state index contributed by atoms with van der Waals surface area (Å²) in [6.07, 6.45) is 2.09. The molecule has 1 amide bonds. The monoisotopic (exact) mass is 374 g/mol. The lowest BCUT2D eigenvalue weighted by Gasteiger charge is -2.07. The lowest BCUT2D eigenvalue weighted by Crippen LogP contribution is -2.15. The molecule has 0 fully saturated rings. The molecule has 0 aromatic heterocycles. The molecule has 3 N–H and O–H groups in total. The molecule has 7 heteroatoms. The van der Waals surface area contributed by atoms with E-state index < -0.39 is 10.0 Å². The summed E-state index contributed by atoms with van der Waals surface area (Å²) in [5, 5.41) is 7.64. The molecule has 2 rings (SSSR count). The molecule has 0 saturated heterocycles. The van der Waals surface area contributed by atoms with Gasteiger partial charge in [-0.05, 0) is 30.2 Å². The number of ketones is 1. The maximum Gasteiger partial charge on any atom is 0.238 e. The topological polar surface area (TPSA) is 106 Å². The van der Waals surface area contributed by atoms with Crippen LogP contribution >= 0.6 is 0 Å². The van der Waals surface area contributed by atoms with Crippen LogP contribution in [0.1, 0.15) is 42.1 Å². The smallest absolute Gasteiger partial charge is 0.238 e. The fraction of sp³-hybridized carbons (Fsp3) is 0.263. The van der Waals surface area contributed by atoms with Crippen LogP contribution in [0.4, 0.5) is 5.69 Å². The third-order valence-electron chi connectivity index (χ3n) is 3.84. The van der Waals surface area contributed by atoms with Gasteiger partial charge in [-0.15, -0.1) is 0 Å². The summed E-state index contributed by atoms with van der Waals surface area (Å²) in [4.78, 5) is 24.1. The molecule has 2 aromatic rings. The number of sulfonamides is 1. The third-order valence-corrected chi connectivity index (χ3v) is 4.75. The number of aryl methyl sites for hydroxylation is 1. The minimum Gasteiger partial charge on any atom is -0.326 e. The molecular formula is C19H22N2O4S. The predicted octanol–water partition coefficient (Wildman–Crippen LogP) is 2.89. The summed E-state index contributed by atoms with van der Waals surface area (Å²) in [6.45, 7) is 2.09. The van der Waals surface area contributed by atoms with Gasteiger partial charge in [-0.3, -0.25) is 9.59 Å². The number of nitrogens with one attached hydrogen (secondary N) is 1. The molecule has 0 radical (unpaired) electrons. The van der Waals surface area contributed by atoms with Crippen molar-refractivity contribution in [3.05, 3.63) is 59.7 Å². The quantitative estimate of drug-likeness (QED) is 0.693. The minimum atomic E-state index is -3.84. The van der Waals surface area contributed by atoms with Gasteiger partial charge in [0.15, 0.2) is 5.78 Å². The zero-order valence-corrected chi connectivity index (χ0v) is 15.4. The van der Waals surface area contributed by atoms with Crippen molar-refractivity contribution in [2.24, 2.45) is 5.14 Å². The van der Waals surface area contributed by atoms with E-state index in [-0.39, 0.29) is 29.4 Å². The Hall–Kier alpha value is -2.51. The van der Waals surface area contributed by atoms with E-state index in [2.05, 4.69) is 12.2 Å². The maximum atomic E-state index is 12.2. The van der Waals surface area contributed by atoms with Crippen molar-refractivity contribution in [2.75, 3.05) is 5.32 Å². The number of Topliss-reactive ketones (excluding diaryl/α,β-unsaturated/α-hetero) is 1. The maximum absolute atomic E-state index is 12.2. The molecule has 138 valence electrons. The normalized spacial score (nSPS) is 11.2. The van der Waals surface area contributed by atoms with Gasteiger partial charge in [0.2, 0.25) is 15.9 Å². The Bertz CT molecular complexity index is 890. The molecule has 0 aliphatic carbocycles. The van der Waals surface area contributed by atoms with Crippen LogP contribution in [0.25, 0.3) is 0 Å². The largest absolute Gasteiger partial charge is 0.326 e. The standard InChI is InChI=1S/C19H22N2O4S/c1-2-4-14-7-9-15(10-8-14)18(22)11-12-19(23)21-16-5-3-6-17(13-16)26(20,24)25/h3,5-10,13H,2,4,11-12H2,1H3,(H,21,23)(H2,20,24,25). The van der Waals surface area contributed by atoms with Gasteiger partial charge in [-0.1, -0.05) is 43.7 Å². The number of rotatable bonds is 8. The Morgan fingerprint density at radius 2 is 1.73 bits per heavy atom. The molecule has 26 heavy (non-hydrogen) atoms. The van der Waals surface area contributed by atoms with E-state index in [1.54, 1.807) is 18.2 Å². The first kappa shape index (κ1) is 19.8. The van der Waals surface area contributed by atoms with Gasteiger partial charge in [0, 0.05) is 24.1 Å². The lowest BCUT2D eigenvalue weighted by molar-refractivity contribution is -0.116. The van der Waals surface area contributed by atoms with Gasteiger partial charge in [0.1, 0.15) is 0 Å². The molecular weight excluding hydrogens is 352 g/mol. The van der Waals surface area contributed by atoms with E-state index in [9.17, 15) is 18.0 Å². The summed E-state index contributed by atoms with van der Waals surface area (Å²) in [7, 11) is -3.84. The van der Waals surface area contributed by atoms with E-state index in [1.165, 1.54) is 23.8 Å². The van der Waals surface area contributed by atoms with E-state index in [0.717, 1.165) is 12.8 Å². The summed E-state index contributed by atoms with van der Waals surface area (Å²) < 4.78 is 22.7. The zero-order valence-electron chi connectivity index (χ0n) is 14.6. The molecule has 0 heterocycles. The van der Waals surface area contributed by atoms with Crippen LogP contribution in [0.15, 0.2) is 53.4 Å². The fourth-order valence-corrected chi connectivity index (χ4v) is 3.05. The van der Waals surface area contributed by atoms with Crippen molar-refractivity contribution < 1.29 is 18.0 Å². The molecule has 0 atom stereocenters. The highest BCUT2D eigenvalue weighted by Gasteiger charge is 2.12. The average molecular weight is 374 g/mol. The first-order valence-electron chi connectivity index (χ1n) is 8.34. The van der Waals surface area contributed by atoms with Crippen LogP contribution in [0.5, 0.6) is 0 Å². The van der Waals surface area contributed by atoms with Crippen molar-refractivity contribution in [1.82, 2.24) is 0 Å². The number of carbonyl (C=O) groups is 2. The van der Waals surface area contributed by atoms with E-state index in [4.69, 9.17) is 5.14 Å². The zero-order chi connectivity index (χ0) is 19.2. The Kier molecular flexibility index (Phi) is 6.65. The van der Waals surface area contributed by atoms with Gasteiger partial charge in [-0.2, -0.15) is 0 Å².